The largest absolute Gasteiger partial charge is 0.461 e. The van der Waals surface area contributed by atoms with E-state index in [1.165, 1.54) is 25.7 Å². The number of amides is 4. The Morgan fingerprint density at radius 3 is 2.13 bits per heavy atom. The van der Waals surface area contributed by atoms with E-state index in [2.05, 4.69) is 16.0 Å². The van der Waals surface area contributed by atoms with Gasteiger partial charge in [0.2, 0.25) is 11.8 Å². The molecule has 2 atom stereocenters. The molecule has 0 heterocycles. The van der Waals surface area contributed by atoms with E-state index >= 15 is 0 Å². The highest BCUT2D eigenvalue weighted by Crippen LogP contribution is 2.23. The van der Waals surface area contributed by atoms with Gasteiger partial charge in [-0.1, -0.05) is 64.5 Å². The first-order chi connectivity index (χ1) is 18.2. The zero-order valence-electron chi connectivity index (χ0n) is 22.8. The Hall–Kier alpha value is -3.14. The molecule has 38 heavy (non-hydrogen) atoms. The number of carbonyl (C=O) groups excluding carboxylic acids is 4. The molecule has 1 aromatic carbocycles. The standard InChI is InChI=1S/C28H45N5O5/c1-19(2)24(29)26(35)33-23(12-9-17-31-28(30)37)25(34)32-22-15-13-20(14-16-22)18-38-27(36)21-10-7-5-3-4-6-8-11-21/h13-16,19,21,23-24H,3-12,17-18,29H2,1-2H3,(H,32,34)(H,33,35)(H3,30,31,37)/t23-,24-/m0/s1. The summed E-state index contributed by atoms with van der Waals surface area (Å²) in [4.78, 5) is 49.0. The Kier molecular flexibility index (Phi) is 13.6. The lowest BCUT2D eigenvalue weighted by Gasteiger charge is -2.22. The van der Waals surface area contributed by atoms with Gasteiger partial charge in [0, 0.05) is 12.2 Å². The zero-order chi connectivity index (χ0) is 27.9. The number of hydrogen-bond donors (Lipinski definition) is 5. The number of primary amides is 1. The van der Waals surface area contributed by atoms with Crippen LogP contribution >= 0.6 is 0 Å². The molecule has 0 saturated heterocycles. The van der Waals surface area contributed by atoms with Gasteiger partial charge < -0.3 is 32.2 Å². The van der Waals surface area contributed by atoms with Gasteiger partial charge in [0.1, 0.15) is 12.6 Å². The van der Waals surface area contributed by atoms with Crippen LogP contribution in [0.1, 0.15) is 83.6 Å². The summed E-state index contributed by atoms with van der Waals surface area (Å²) in [6, 6.07) is 4.82. The number of urea groups is 1. The molecule has 10 nitrogen and oxygen atoms in total. The van der Waals surface area contributed by atoms with E-state index in [4.69, 9.17) is 16.2 Å². The van der Waals surface area contributed by atoms with Crippen LogP contribution in [0.15, 0.2) is 24.3 Å². The van der Waals surface area contributed by atoms with E-state index < -0.39 is 29.9 Å². The quantitative estimate of drug-likeness (QED) is 0.205. The Morgan fingerprint density at radius 1 is 0.947 bits per heavy atom. The number of nitrogens with two attached hydrogens (primary N) is 2. The molecule has 0 unspecified atom stereocenters. The maximum absolute atomic E-state index is 13.0. The summed E-state index contributed by atoms with van der Waals surface area (Å²) in [5.74, 6) is -1.06. The molecule has 7 N–H and O–H groups in total. The number of ether oxygens (including phenoxy) is 1. The maximum Gasteiger partial charge on any atom is 0.312 e. The topological polar surface area (TPSA) is 166 Å². The molecule has 4 amide bonds. The molecule has 0 aromatic heterocycles. The van der Waals surface area contributed by atoms with Gasteiger partial charge in [0.15, 0.2) is 0 Å². The smallest absolute Gasteiger partial charge is 0.312 e. The average molecular weight is 532 g/mol. The molecule has 1 fully saturated rings. The fourth-order valence-corrected chi connectivity index (χ4v) is 4.41. The fourth-order valence-electron chi connectivity index (χ4n) is 4.41. The highest BCUT2D eigenvalue weighted by atomic mass is 16.5. The van der Waals surface area contributed by atoms with Gasteiger partial charge in [-0.05, 0) is 49.3 Å². The van der Waals surface area contributed by atoms with Crippen molar-refractivity contribution in [3.05, 3.63) is 29.8 Å². The number of anilines is 1. The van der Waals surface area contributed by atoms with Crippen molar-refractivity contribution in [1.29, 1.82) is 0 Å². The van der Waals surface area contributed by atoms with Gasteiger partial charge in [0.05, 0.1) is 12.0 Å². The maximum atomic E-state index is 13.0. The molecular weight excluding hydrogens is 486 g/mol. The summed E-state index contributed by atoms with van der Waals surface area (Å²) in [6.45, 7) is 4.11. The molecule has 0 radical (unpaired) electrons. The van der Waals surface area contributed by atoms with Crippen LogP contribution in [0.25, 0.3) is 0 Å². The minimum absolute atomic E-state index is 0.0270. The third kappa shape index (κ3) is 11.5. The van der Waals surface area contributed by atoms with Crippen molar-refractivity contribution < 1.29 is 23.9 Å². The van der Waals surface area contributed by atoms with Crippen molar-refractivity contribution in [1.82, 2.24) is 10.6 Å². The van der Waals surface area contributed by atoms with Crippen LogP contribution in [-0.4, -0.2) is 42.4 Å². The predicted octanol–water partition coefficient (Wildman–Crippen LogP) is 3.34. The molecule has 2 rings (SSSR count). The molecule has 1 aliphatic carbocycles. The molecule has 212 valence electrons. The van der Waals surface area contributed by atoms with Crippen LogP contribution in [-0.2, 0) is 25.7 Å². The van der Waals surface area contributed by atoms with Crippen molar-refractivity contribution in [3.8, 4) is 0 Å². The van der Waals surface area contributed by atoms with Gasteiger partial charge >= 0.3 is 12.0 Å². The number of benzene rings is 1. The summed E-state index contributed by atoms with van der Waals surface area (Å²) in [5, 5.41) is 8.00. The molecule has 1 aromatic rings. The minimum Gasteiger partial charge on any atom is -0.461 e. The second-order valence-electron chi connectivity index (χ2n) is 10.5. The number of esters is 1. The first kappa shape index (κ1) is 31.1. The summed E-state index contributed by atoms with van der Waals surface area (Å²) in [5.41, 5.74) is 12.4. The zero-order valence-corrected chi connectivity index (χ0v) is 22.8. The number of carbonyl (C=O) groups is 4. The lowest BCUT2D eigenvalue weighted by Crippen LogP contribution is -2.51. The van der Waals surface area contributed by atoms with Crippen LogP contribution in [0, 0.1) is 11.8 Å². The van der Waals surface area contributed by atoms with Crippen molar-refractivity contribution in [2.45, 2.75) is 96.7 Å². The molecule has 1 saturated carbocycles. The number of nitrogens with one attached hydrogen (secondary N) is 3. The molecule has 0 aliphatic heterocycles. The first-order valence-electron chi connectivity index (χ1n) is 13.8. The van der Waals surface area contributed by atoms with Crippen LogP contribution in [0.4, 0.5) is 10.5 Å². The van der Waals surface area contributed by atoms with Crippen molar-refractivity contribution in [3.63, 3.8) is 0 Å². The third-order valence-corrected chi connectivity index (χ3v) is 6.91. The molecule has 1 aliphatic rings. The van der Waals surface area contributed by atoms with E-state index in [9.17, 15) is 19.2 Å². The molecule has 0 bridgehead atoms. The van der Waals surface area contributed by atoms with Gasteiger partial charge in [-0.15, -0.1) is 0 Å². The Balaban J connectivity index is 1.91. The summed E-state index contributed by atoms with van der Waals surface area (Å²) >= 11 is 0. The van der Waals surface area contributed by atoms with E-state index in [0.29, 0.717) is 12.1 Å². The SMILES string of the molecule is CC(C)[C@H](N)C(=O)N[C@@H](CCCNC(N)=O)C(=O)Nc1ccc(COC(=O)C2CCCCCCCC2)cc1. The van der Waals surface area contributed by atoms with Gasteiger partial charge in [-0.3, -0.25) is 14.4 Å². The second kappa shape index (κ2) is 16.7. The minimum atomic E-state index is -0.837. The Labute approximate surface area is 226 Å². The first-order valence-corrected chi connectivity index (χ1v) is 13.8. The predicted molar refractivity (Wildman–Crippen MR) is 147 cm³/mol. The lowest BCUT2D eigenvalue weighted by molar-refractivity contribution is -0.150. The highest BCUT2D eigenvalue weighted by molar-refractivity contribution is 5.97. The average Bonchev–Trinajstić information content (AvgIpc) is 3.03. The van der Waals surface area contributed by atoms with E-state index in [1.807, 2.05) is 13.8 Å². The van der Waals surface area contributed by atoms with Crippen LogP contribution in [0.5, 0.6) is 0 Å². The van der Waals surface area contributed by atoms with Crippen LogP contribution in [0.2, 0.25) is 0 Å². The summed E-state index contributed by atoms with van der Waals surface area (Å²) in [6.07, 6.45) is 9.49. The number of rotatable bonds is 12. The van der Waals surface area contributed by atoms with Gasteiger partial charge in [-0.2, -0.15) is 0 Å². The van der Waals surface area contributed by atoms with E-state index in [-0.39, 0.29) is 37.4 Å². The monoisotopic (exact) mass is 531 g/mol. The Bertz CT molecular complexity index is 895. The summed E-state index contributed by atoms with van der Waals surface area (Å²) < 4.78 is 5.60. The van der Waals surface area contributed by atoms with Gasteiger partial charge in [0.25, 0.3) is 0 Å². The summed E-state index contributed by atoms with van der Waals surface area (Å²) in [7, 11) is 0. The van der Waals surface area contributed by atoms with Gasteiger partial charge in [-0.25, -0.2) is 4.79 Å². The fraction of sp³-hybridized carbons (Fsp3) is 0.643. The van der Waals surface area contributed by atoms with E-state index in [0.717, 1.165) is 31.2 Å². The normalized spacial score (nSPS) is 16.3. The van der Waals surface area contributed by atoms with E-state index in [1.54, 1.807) is 24.3 Å². The van der Waals surface area contributed by atoms with Crippen molar-refractivity contribution in [2.24, 2.45) is 23.3 Å². The lowest BCUT2D eigenvalue weighted by atomic mass is 9.97. The van der Waals surface area contributed by atoms with Crippen molar-refractivity contribution in [2.75, 3.05) is 11.9 Å². The number of hydrogen-bond acceptors (Lipinski definition) is 6. The second-order valence-corrected chi connectivity index (χ2v) is 10.5. The van der Waals surface area contributed by atoms with Crippen molar-refractivity contribution >= 4 is 29.5 Å². The van der Waals surface area contributed by atoms with Crippen LogP contribution in [0.3, 0.4) is 0 Å². The third-order valence-electron chi connectivity index (χ3n) is 6.91. The molecule has 0 spiro atoms. The van der Waals surface area contributed by atoms with Crippen LogP contribution < -0.4 is 27.4 Å². The molecule has 10 heteroatoms. The molecular formula is C28H45N5O5. The highest BCUT2D eigenvalue weighted by Gasteiger charge is 2.25. The Morgan fingerprint density at radius 2 is 1.55 bits per heavy atom.